The first-order valence-corrected chi connectivity index (χ1v) is 3.75. The van der Waals surface area contributed by atoms with Crippen LogP contribution < -0.4 is 5.73 Å². The van der Waals surface area contributed by atoms with Gasteiger partial charge in [-0.15, -0.1) is 23.2 Å². The molecule has 60 valence electrons. The summed E-state index contributed by atoms with van der Waals surface area (Å²) in [6, 6.07) is -1.01. The van der Waals surface area contributed by atoms with Gasteiger partial charge in [0.05, 0.1) is 5.38 Å². The standard InChI is InChI=1S/C5H9Cl2NO2/c6-2-1-3(7)4(8)5(9)10/h3-4H,1-2,8H2,(H,9,10). The number of aliphatic carboxylic acids is 1. The Hall–Kier alpha value is 0.01000. The highest BCUT2D eigenvalue weighted by atomic mass is 35.5. The van der Waals surface area contributed by atoms with E-state index < -0.39 is 17.4 Å². The van der Waals surface area contributed by atoms with Crippen molar-refractivity contribution >= 4 is 29.2 Å². The molecule has 0 amide bonds. The third-order valence-corrected chi connectivity index (χ3v) is 1.77. The fourth-order valence-electron chi connectivity index (χ4n) is 0.438. The molecule has 0 aromatic carbocycles. The monoisotopic (exact) mass is 185 g/mol. The van der Waals surface area contributed by atoms with Gasteiger partial charge in [0.25, 0.3) is 0 Å². The quantitative estimate of drug-likeness (QED) is 0.633. The van der Waals surface area contributed by atoms with Crippen molar-refractivity contribution in [2.75, 3.05) is 5.88 Å². The molecule has 0 fully saturated rings. The summed E-state index contributed by atoms with van der Waals surface area (Å²) in [6.07, 6.45) is 0.413. The van der Waals surface area contributed by atoms with Crippen molar-refractivity contribution in [2.24, 2.45) is 5.73 Å². The molecule has 0 aromatic heterocycles. The van der Waals surface area contributed by atoms with E-state index in [1.807, 2.05) is 0 Å². The summed E-state index contributed by atoms with van der Waals surface area (Å²) in [7, 11) is 0. The SMILES string of the molecule is NC(C(=O)O)C(Cl)CCCl. The van der Waals surface area contributed by atoms with Crippen molar-refractivity contribution < 1.29 is 9.90 Å². The summed E-state index contributed by atoms with van der Waals surface area (Å²) in [5.41, 5.74) is 5.16. The van der Waals surface area contributed by atoms with Crippen molar-refractivity contribution in [1.29, 1.82) is 0 Å². The number of carbonyl (C=O) groups is 1. The second-order valence-corrected chi connectivity index (χ2v) is 2.80. The molecule has 2 atom stereocenters. The highest BCUT2D eigenvalue weighted by molar-refractivity contribution is 6.23. The average molecular weight is 186 g/mol. The molecule has 0 heterocycles. The number of alkyl halides is 2. The van der Waals surface area contributed by atoms with E-state index in [2.05, 4.69) is 0 Å². The first kappa shape index (κ1) is 10.0. The number of nitrogens with two attached hydrogens (primary N) is 1. The van der Waals surface area contributed by atoms with Gasteiger partial charge in [-0.05, 0) is 6.42 Å². The van der Waals surface area contributed by atoms with Crippen molar-refractivity contribution in [1.82, 2.24) is 0 Å². The molecule has 0 aromatic rings. The van der Waals surface area contributed by atoms with Crippen LogP contribution in [0, 0.1) is 0 Å². The summed E-state index contributed by atoms with van der Waals surface area (Å²) in [6.45, 7) is 0. The molecular formula is C5H9Cl2NO2. The normalized spacial score (nSPS) is 16.3. The van der Waals surface area contributed by atoms with E-state index in [0.717, 1.165) is 0 Å². The van der Waals surface area contributed by atoms with E-state index in [1.54, 1.807) is 0 Å². The van der Waals surface area contributed by atoms with Gasteiger partial charge in [0, 0.05) is 5.88 Å². The Balaban J connectivity index is 3.69. The summed E-state index contributed by atoms with van der Waals surface area (Å²) < 4.78 is 0. The minimum atomic E-state index is -1.09. The average Bonchev–Trinajstić information content (AvgIpc) is 1.87. The molecule has 0 bridgehead atoms. The molecular weight excluding hydrogens is 177 g/mol. The predicted octanol–water partition coefficient (Wildman–Crippen LogP) is 0.635. The van der Waals surface area contributed by atoms with Crippen molar-refractivity contribution in [3.8, 4) is 0 Å². The zero-order valence-corrected chi connectivity index (χ0v) is 6.77. The maximum Gasteiger partial charge on any atom is 0.322 e. The van der Waals surface area contributed by atoms with E-state index >= 15 is 0 Å². The number of halogens is 2. The molecule has 2 unspecified atom stereocenters. The smallest absolute Gasteiger partial charge is 0.322 e. The summed E-state index contributed by atoms with van der Waals surface area (Å²) in [5.74, 6) is -0.764. The van der Waals surface area contributed by atoms with Crippen LogP contribution in [0.5, 0.6) is 0 Å². The van der Waals surface area contributed by atoms with Gasteiger partial charge in [-0.2, -0.15) is 0 Å². The molecule has 0 spiro atoms. The second-order valence-electron chi connectivity index (χ2n) is 1.86. The van der Waals surface area contributed by atoms with Gasteiger partial charge in [-0.25, -0.2) is 0 Å². The summed E-state index contributed by atoms with van der Waals surface area (Å²) >= 11 is 10.8. The summed E-state index contributed by atoms with van der Waals surface area (Å²) in [4.78, 5) is 10.2. The third kappa shape index (κ3) is 3.25. The first-order valence-electron chi connectivity index (χ1n) is 2.78. The minimum absolute atomic E-state index is 0.329. The van der Waals surface area contributed by atoms with Gasteiger partial charge >= 0.3 is 5.97 Å². The predicted molar refractivity (Wildman–Crippen MR) is 40.6 cm³/mol. The van der Waals surface area contributed by atoms with E-state index in [0.29, 0.717) is 12.3 Å². The zero-order valence-electron chi connectivity index (χ0n) is 5.26. The number of rotatable bonds is 4. The van der Waals surface area contributed by atoms with Gasteiger partial charge in [0.2, 0.25) is 0 Å². The second kappa shape index (κ2) is 4.77. The molecule has 0 saturated carbocycles. The fourth-order valence-corrected chi connectivity index (χ4v) is 1.00. The van der Waals surface area contributed by atoms with Crippen LogP contribution in [0.3, 0.4) is 0 Å². The molecule has 3 nitrogen and oxygen atoms in total. The van der Waals surface area contributed by atoms with E-state index in [9.17, 15) is 4.79 Å². The Morgan fingerprint density at radius 2 is 2.20 bits per heavy atom. The Bertz CT molecular complexity index is 120. The Morgan fingerprint density at radius 1 is 1.70 bits per heavy atom. The van der Waals surface area contributed by atoms with Crippen LogP contribution in [-0.2, 0) is 4.79 Å². The molecule has 0 rings (SSSR count). The molecule has 0 aliphatic heterocycles. The molecule has 0 aliphatic carbocycles. The first-order chi connectivity index (χ1) is 4.59. The van der Waals surface area contributed by atoms with E-state index in [1.165, 1.54) is 0 Å². The van der Waals surface area contributed by atoms with Crippen LogP contribution in [0.2, 0.25) is 0 Å². The maximum absolute atomic E-state index is 10.2. The summed E-state index contributed by atoms with van der Waals surface area (Å²) in [5, 5.41) is 7.75. The van der Waals surface area contributed by atoms with E-state index in [4.69, 9.17) is 34.0 Å². The Labute approximate surface area is 69.1 Å². The van der Waals surface area contributed by atoms with Gasteiger partial charge in [0.15, 0.2) is 0 Å². The number of hydrogen-bond donors (Lipinski definition) is 2. The largest absolute Gasteiger partial charge is 0.480 e. The van der Waals surface area contributed by atoms with Crippen LogP contribution in [0.25, 0.3) is 0 Å². The van der Waals surface area contributed by atoms with Crippen molar-refractivity contribution in [3.63, 3.8) is 0 Å². The molecule has 3 N–H and O–H groups in total. The Kier molecular flexibility index (Phi) is 4.77. The highest BCUT2D eigenvalue weighted by Gasteiger charge is 2.20. The molecule has 10 heavy (non-hydrogen) atoms. The Morgan fingerprint density at radius 3 is 2.50 bits per heavy atom. The van der Waals surface area contributed by atoms with Gasteiger partial charge in [-0.1, -0.05) is 0 Å². The lowest BCUT2D eigenvalue weighted by atomic mass is 10.2. The van der Waals surface area contributed by atoms with Crippen LogP contribution in [-0.4, -0.2) is 28.4 Å². The van der Waals surface area contributed by atoms with Crippen LogP contribution >= 0.6 is 23.2 Å². The lowest BCUT2D eigenvalue weighted by molar-refractivity contribution is -0.138. The minimum Gasteiger partial charge on any atom is -0.480 e. The third-order valence-electron chi connectivity index (χ3n) is 1.06. The maximum atomic E-state index is 10.2. The molecule has 0 aliphatic rings. The number of hydrogen-bond acceptors (Lipinski definition) is 2. The van der Waals surface area contributed by atoms with Crippen LogP contribution in [0.4, 0.5) is 0 Å². The lowest BCUT2D eigenvalue weighted by Crippen LogP contribution is -2.38. The van der Waals surface area contributed by atoms with Crippen LogP contribution in [0.1, 0.15) is 6.42 Å². The molecule has 0 saturated heterocycles. The number of carboxylic acid groups (broad SMARTS) is 1. The zero-order chi connectivity index (χ0) is 8.15. The molecule has 0 radical (unpaired) electrons. The van der Waals surface area contributed by atoms with Crippen molar-refractivity contribution in [2.45, 2.75) is 17.8 Å². The fraction of sp³-hybridized carbons (Fsp3) is 0.800. The van der Waals surface area contributed by atoms with E-state index in [-0.39, 0.29) is 0 Å². The van der Waals surface area contributed by atoms with Crippen LogP contribution in [0.15, 0.2) is 0 Å². The van der Waals surface area contributed by atoms with Gasteiger partial charge in [-0.3, -0.25) is 4.79 Å². The van der Waals surface area contributed by atoms with Gasteiger partial charge in [0.1, 0.15) is 6.04 Å². The highest BCUT2D eigenvalue weighted by Crippen LogP contribution is 2.06. The lowest BCUT2D eigenvalue weighted by Gasteiger charge is -2.10. The van der Waals surface area contributed by atoms with Gasteiger partial charge < -0.3 is 10.8 Å². The molecule has 5 heteroatoms. The number of carboxylic acids is 1. The van der Waals surface area contributed by atoms with Crippen molar-refractivity contribution in [3.05, 3.63) is 0 Å². The topological polar surface area (TPSA) is 63.3 Å².